The van der Waals surface area contributed by atoms with Gasteiger partial charge in [-0.1, -0.05) is 6.42 Å². The van der Waals surface area contributed by atoms with Gasteiger partial charge in [-0.2, -0.15) is 0 Å². The molecule has 0 unspecified atom stereocenters. The molecule has 178 valence electrons. The molecular formula is C20H25ClN6O5S. The lowest BCUT2D eigenvalue weighted by molar-refractivity contribution is 0.102. The average Bonchev–Trinajstić information content (AvgIpc) is 3.10. The number of carbonyl (C=O) groups excluding carboxylic acids is 1. The van der Waals surface area contributed by atoms with Gasteiger partial charge < -0.3 is 14.6 Å². The van der Waals surface area contributed by atoms with Crippen LogP contribution < -0.4 is 16.0 Å². The quantitative estimate of drug-likeness (QED) is 0.520. The van der Waals surface area contributed by atoms with E-state index in [0.29, 0.717) is 6.54 Å². The van der Waals surface area contributed by atoms with Gasteiger partial charge in [0.15, 0.2) is 5.03 Å². The molecule has 1 aliphatic heterocycles. The summed E-state index contributed by atoms with van der Waals surface area (Å²) in [7, 11) is -3.95. The number of aryl methyl sites for hydroxylation is 1. The number of fused-ring (bicyclic) bond motifs is 1. The number of hydrogen-bond acceptors (Lipinski definition) is 8. The molecule has 1 amide bonds. The molecule has 11 nitrogen and oxygen atoms in total. The molecule has 1 saturated heterocycles. The van der Waals surface area contributed by atoms with Crippen molar-refractivity contribution in [2.45, 2.75) is 37.8 Å². The Morgan fingerprint density at radius 3 is 2.55 bits per heavy atom. The topological polar surface area (TPSA) is 153 Å². The number of piperidine rings is 1. The summed E-state index contributed by atoms with van der Waals surface area (Å²) in [5.41, 5.74) is 0.0667. The number of pyridine rings is 1. The Morgan fingerprint density at radius 2 is 1.91 bits per heavy atom. The lowest BCUT2D eigenvalue weighted by Gasteiger charge is -2.26. The van der Waals surface area contributed by atoms with Gasteiger partial charge in [0.05, 0.1) is 17.4 Å². The summed E-state index contributed by atoms with van der Waals surface area (Å²) in [5.74, 6) is -0.330. The van der Waals surface area contributed by atoms with Crippen molar-refractivity contribution in [2.24, 2.45) is 5.14 Å². The monoisotopic (exact) mass is 496 g/mol. The Morgan fingerprint density at radius 1 is 1.18 bits per heavy atom. The molecule has 0 aliphatic carbocycles. The van der Waals surface area contributed by atoms with Crippen LogP contribution in [0.15, 0.2) is 38.9 Å². The first-order valence-electron chi connectivity index (χ1n) is 10.2. The smallest absolute Gasteiger partial charge is 0.265 e. The fourth-order valence-electron chi connectivity index (χ4n) is 3.82. The lowest BCUT2D eigenvalue weighted by atomic mass is 10.1. The second-order valence-electron chi connectivity index (χ2n) is 7.74. The Balaban J connectivity index is 0.00000306. The fourth-order valence-corrected chi connectivity index (χ4v) is 4.28. The third-order valence-corrected chi connectivity index (χ3v) is 6.30. The van der Waals surface area contributed by atoms with Gasteiger partial charge in [0, 0.05) is 13.1 Å². The van der Waals surface area contributed by atoms with Gasteiger partial charge in [-0.15, -0.1) is 12.4 Å². The average molecular weight is 497 g/mol. The van der Waals surface area contributed by atoms with Crippen LogP contribution in [0.25, 0.3) is 11.1 Å². The molecule has 0 atom stereocenters. The number of amides is 1. The van der Waals surface area contributed by atoms with Crippen LogP contribution in [0.3, 0.4) is 0 Å². The number of primary sulfonamides is 1. The van der Waals surface area contributed by atoms with E-state index in [2.05, 4.69) is 20.2 Å². The van der Waals surface area contributed by atoms with Crippen molar-refractivity contribution in [1.82, 2.24) is 19.4 Å². The molecular weight excluding hydrogens is 472 g/mol. The predicted octanol–water partition coefficient (Wildman–Crippen LogP) is 1.50. The van der Waals surface area contributed by atoms with Crippen LogP contribution in [0.1, 0.15) is 35.4 Å². The van der Waals surface area contributed by atoms with E-state index in [1.54, 1.807) is 6.92 Å². The molecule has 33 heavy (non-hydrogen) atoms. The van der Waals surface area contributed by atoms with Crippen molar-refractivity contribution in [2.75, 3.05) is 25.0 Å². The standard InChI is InChI=1S/C20H24N6O5S.ClH/c1-13-16(18(27)24-14-5-6-15(22-11-14)32(21,29)30)17-19(31-13)23-12-26(20(17)28)10-9-25-7-3-2-4-8-25;/h5-6,11-12H,2-4,7-10H2,1H3,(H,24,27)(H2,21,29,30);1H. The summed E-state index contributed by atoms with van der Waals surface area (Å²) in [5, 5.41) is 7.43. The van der Waals surface area contributed by atoms with E-state index in [-0.39, 0.29) is 51.1 Å². The van der Waals surface area contributed by atoms with E-state index in [1.165, 1.54) is 35.6 Å². The maximum Gasteiger partial charge on any atom is 0.265 e. The first-order valence-corrected chi connectivity index (χ1v) is 11.8. The third-order valence-electron chi connectivity index (χ3n) is 5.47. The molecule has 4 rings (SSSR count). The number of furan rings is 1. The molecule has 3 aromatic heterocycles. The molecule has 0 spiro atoms. The zero-order chi connectivity index (χ0) is 22.9. The van der Waals surface area contributed by atoms with Gasteiger partial charge in [-0.3, -0.25) is 14.2 Å². The Labute approximate surface area is 196 Å². The third kappa shape index (κ3) is 5.41. The summed E-state index contributed by atoms with van der Waals surface area (Å²) in [6, 6.07) is 2.54. The van der Waals surface area contributed by atoms with Crippen LogP contribution in [0.2, 0.25) is 0 Å². The zero-order valence-corrected chi connectivity index (χ0v) is 19.6. The number of nitrogens with zero attached hydrogens (tertiary/aromatic N) is 4. The minimum Gasteiger partial charge on any atom is -0.442 e. The van der Waals surface area contributed by atoms with Crippen LogP contribution in [0, 0.1) is 6.92 Å². The number of nitrogens with one attached hydrogen (secondary N) is 1. The summed E-state index contributed by atoms with van der Waals surface area (Å²) in [6.45, 7) is 4.80. The Bertz CT molecular complexity index is 1310. The molecule has 0 saturated carbocycles. The van der Waals surface area contributed by atoms with Crippen molar-refractivity contribution in [3.8, 4) is 0 Å². The van der Waals surface area contributed by atoms with Crippen molar-refractivity contribution in [3.05, 3.63) is 46.3 Å². The number of nitrogens with two attached hydrogens (primary N) is 1. The first kappa shape index (κ1) is 24.8. The van der Waals surface area contributed by atoms with Gasteiger partial charge in [0.2, 0.25) is 5.71 Å². The van der Waals surface area contributed by atoms with Crippen molar-refractivity contribution in [3.63, 3.8) is 0 Å². The summed E-state index contributed by atoms with van der Waals surface area (Å²) in [6.07, 6.45) is 6.16. The molecule has 1 aliphatic rings. The molecule has 0 radical (unpaired) electrons. The van der Waals surface area contributed by atoms with E-state index in [9.17, 15) is 18.0 Å². The second-order valence-corrected chi connectivity index (χ2v) is 9.25. The highest BCUT2D eigenvalue weighted by Crippen LogP contribution is 2.22. The maximum atomic E-state index is 13.1. The fraction of sp³-hybridized carbons (Fsp3) is 0.400. The molecule has 0 aromatic carbocycles. The van der Waals surface area contributed by atoms with Crippen LogP contribution in [0.4, 0.5) is 5.69 Å². The SMILES string of the molecule is Cc1oc2ncn(CCN3CCCCC3)c(=O)c2c1C(=O)Nc1ccc(S(N)(=O)=O)nc1.Cl. The largest absolute Gasteiger partial charge is 0.442 e. The first-order chi connectivity index (χ1) is 15.2. The zero-order valence-electron chi connectivity index (χ0n) is 18.0. The van der Waals surface area contributed by atoms with Crippen molar-refractivity contribution in [1.29, 1.82) is 0 Å². The second kappa shape index (κ2) is 10.00. The van der Waals surface area contributed by atoms with Crippen LogP contribution in [-0.2, 0) is 16.6 Å². The van der Waals surface area contributed by atoms with Gasteiger partial charge in [-0.25, -0.2) is 23.5 Å². The highest BCUT2D eigenvalue weighted by Gasteiger charge is 2.23. The van der Waals surface area contributed by atoms with E-state index in [4.69, 9.17) is 9.56 Å². The minimum atomic E-state index is -3.95. The number of likely N-dealkylation sites (tertiary alicyclic amines) is 1. The van der Waals surface area contributed by atoms with Gasteiger partial charge in [0.1, 0.15) is 17.5 Å². The van der Waals surface area contributed by atoms with Crippen LogP contribution in [0.5, 0.6) is 0 Å². The summed E-state index contributed by atoms with van der Waals surface area (Å²) in [4.78, 5) is 36.3. The van der Waals surface area contributed by atoms with Gasteiger partial charge in [0.25, 0.3) is 21.5 Å². The number of hydrogen-bond donors (Lipinski definition) is 2. The molecule has 4 heterocycles. The van der Waals surface area contributed by atoms with E-state index >= 15 is 0 Å². The Hall–Kier alpha value is -2.80. The predicted molar refractivity (Wildman–Crippen MR) is 124 cm³/mol. The van der Waals surface area contributed by atoms with E-state index in [1.807, 2.05) is 0 Å². The molecule has 3 aromatic rings. The number of anilines is 1. The minimum absolute atomic E-state index is 0. The molecule has 3 N–H and O–H groups in total. The highest BCUT2D eigenvalue weighted by molar-refractivity contribution is 7.89. The van der Waals surface area contributed by atoms with Crippen molar-refractivity contribution >= 4 is 45.1 Å². The lowest BCUT2D eigenvalue weighted by Crippen LogP contribution is -2.34. The number of aromatic nitrogens is 3. The van der Waals surface area contributed by atoms with E-state index < -0.39 is 15.9 Å². The molecule has 0 bridgehead atoms. The number of halogens is 1. The number of carbonyl (C=O) groups is 1. The van der Waals surface area contributed by atoms with Gasteiger partial charge >= 0.3 is 0 Å². The van der Waals surface area contributed by atoms with E-state index in [0.717, 1.165) is 32.5 Å². The van der Waals surface area contributed by atoms with Crippen LogP contribution >= 0.6 is 12.4 Å². The Kier molecular flexibility index (Phi) is 7.52. The number of sulfonamides is 1. The van der Waals surface area contributed by atoms with Crippen molar-refractivity contribution < 1.29 is 17.6 Å². The van der Waals surface area contributed by atoms with Crippen LogP contribution in [-0.4, -0.2) is 53.4 Å². The molecule has 1 fully saturated rings. The number of rotatable bonds is 6. The highest BCUT2D eigenvalue weighted by atomic mass is 35.5. The maximum absolute atomic E-state index is 13.1. The normalized spacial score (nSPS) is 14.7. The van der Waals surface area contributed by atoms with Gasteiger partial charge in [-0.05, 0) is 45.0 Å². The summed E-state index contributed by atoms with van der Waals surface area (Å²) >= 11 is 0. The molecule has 13 heteroatoms. The summed E-state index contributed by atoms with van der Waals surface area (Å²) < 4.78 is 29.7.